The number of nitrogens with zero attached hydrogens (tertiary/aromatic N) is 1. The van der Waals surface area contributed by atoms with Gasteiger partial charge in [-0.1, -0.05) is 79.7 Å². The summed E-state index contributed by atoms with van der Waals surface area (Å²) < 4.78 is 11.0. The number of amides is 1. The third kappa shape index (κ3) is 5.81. The van der Waals surface area contributed by atoms with E-state index < -0.39 is 0 Å². The van der Waals surface area contributed by atoms with Gasteiger partial charge >= 0.3 is 0 Å². The van der Waals surface area contributed by atoms with Crippen molar-refractivity contribution in [3.8, 4) is 11.5 Å². The van der Waals surface area contributed by atoms with Crippen LogP contribution >= 0.6 is 0 Å². The monoisotopic (exact) mass is 519 g/mol. The number of anilines is 2. The number of carbonyl (C=O) groups excluding carboxylic acids is 1. The lowest BCUT2D eigenvalue weighted by molar-refractivity contribution is -0.110. The second-order valence-corrected chi connectivity index (χ2v) is 9.43. The third-order valence-electron chi connectivity index (χ3n) is 6.91. The van der Waals surface area contributed by atoms with E-state index in [1.165, 1.54) is 11.1 Å². The predicted molar refractivity (Wildman–Crippen MR) is 158 cm³/mol. The minimum Gasteiger partial charge on any atom is -0.493 e. The first kappa shape index (κ1) is 26.1. The number of rotatable bonds is 10. The number of fused-ring (bicyclic) bond motifs is 1. The molecule has 4 aromatic carbocycles. The van der Waals surface area contributed by atoms with Crippen LogP contribution in [0, 0.1) is 0 Å². The van der Waals surface area contributed by atoms with Gasteiger partial charge in [0.25, 0.3) is 5.91 Å². The topological polar surface area (TPSA) is 62.8 Å². The van der Waals surface area contributed by atoms with Gasteiger partial charge in [-0.3, -0.25) is 9.69 Å². The normalized spacial score (nSPS) is 13.6. The number of benzene rings is 4. The van der Waals surface area contributed by atoms with Crippen LogP contribution in [0.1, 0.15) is 29.2 Å². The van der Waals surface area contributed by atoms with Crippen LogP contribution in [0.15, 0.2) is 97.1 Å². The summed E-state index contributed by atoms with van der Waals surface area (Å²) in [5.74, 6) is 0.955. The molecule has 198 valence electrons. The summed E-state index contributed by atoms with van der Waals surface area (Å²) >= 11 is 0. The van der Waals surface area contributed by atoms with E-state index in [9.17, 15) is 4.79 Å². The first-order valence-corrected chi connectivity index (χ1v) is 13.1. The maximum atomic E-state index is 13.3. The third-order valence-corrected chi connectivity index (χ3v) is 6.91. The van der Waals surface area contributed by atoms with Crippen molar-refractivity contribution in [2.24, 2.45) is 0 Å². The minimum atomic E-state index is -0.178. The van der Waals surface area contributed by atoms with Crippen LogP contribution in [0.2, 0.25) is 0 Å². The molecule has 1 heterocycles. The van der Waals surface area contributed by atoms with Gasteiger partial charge in [-0.05, 0) is 41.4 Å². The Hall–Kier alpha value is -4.55. The highest BCUT2D eigenvalue weighted by Gasteiger charge is 2.30. The molecule has 0 fully saturated rings. The van der Waals surface area contributed by atoms with E-state index in [1.54, 1.807) is 20.3 Å². The number of nitrogens with one attached hydrogen (secondary N) is 2. The molecule has 39 heavy (non-hydrogen) atoms. The van der Waals surface area contributed by atoms with Gasteiger partial charge in [-0.25, -0.2) is 0 Å². The van der Waals surface area contributed by atoms with E-state index in [0.717, 1.165) is 42.1 Å². The van der Waals surface area contributed by atoms with Crippen molar-refractivity contribution in [1.82, 2.24) is 4.90 Å². The number of carbonyl (C=O) groups is 1. The Morgan fingerprint density at radius 3 is 2.00 bits per heavy atom. The van der Waals surface area contributed by atoms with Gasteiger partial charge in [0.15, 0.2) is 11.5 Å². The van der Waals surface area contributed by atoms with Gasteiger partial charge in [0, 0.05) is 30.4 Å². The van der Waals surface area contributed by atoms with Crippen molar-refractivity contribution in [2.45, 2.75) is 20.0 Å². The molecule has 0 atom stereocenters. The fourth-order valence-corrected chi connectivity index (χ4v) is 4.85. The summed E-state index contributed by atoms with van der Waals surface area (Å²) in [6, 6.07) is 32.5. The Bertz CT molecular complexity index is 1470. The van der Waals surface area contributed by atoms with E-state index in [1.807, 2.05) is 42.5 Å². The van der Waals surface area contributed by atoms with Crippen molar-refractivity contribution in [1.29, 1.82) is 0 Å². The van der Waals surface area contributed by atoms with Crippen LogP contribution in [0.25, 0.3) is 11.3 Å². The summed E-state index contributed by atoms with van der Waals surface area (Å²) in [5.41, 5.74) is 7.09. The average Bonchev–Trinajstić information content (AvgIpc) is 3.30. The van der Waals surface area contributed by atoms with Crippen LogP contribution in [0.4, 0.5) is 11.4 Å². The summed E-state index contributed by atoms with van der Waals surface area (Å²) in [6.07, 6.45) is 0. The molecular formula is C33H33N3O3. The number of hydrogen-bond donors (Lipinski definition) is 2. The fraction of sp³-hybridized carbons (Fsp3) is 0.182. The quantitative estimate of drug-likeness (QED) is 0.230. The molecule has 0 saturated heterocycles. The standard InChI is InChI=1S/C33H33N3O3/c1-4-36(21-23-11-7-5-8-12-23)22-24-15-17-26(18-16-24)34-32(25-13-9-6-10-14-25)31-27-19-29(38-2)30(39-3)20-28(27)35-33(31)37/h5-20,34H,4,21-22H2,1-3H3,(H,35,37)/b32-31-. The van der Waals surface area contributed by atoms with E-state index in [-0.39, 0.29) is 5.91 Å². The molecule has 0 radical (unpaired) electrons. The Morgan fingerprint density at radius 1 is 0.795 bits per heavy atom. The van der Waals surface area contributed by atoms with Crippen molar-refractivity contribution in [3.63, 3.8) is 0 Å². The molecule has 2 N–H and O–H groups in total. The molecule has 5 rings (SSSR count). The van der Waals surface area contributed by atoms with Gasteiger partial charge in [0.05, 0.1) is 31.2 Å². The molecular weight excluding hydrogens is 486 g/mol. The summed E-state index contributed by atoms with van der Waals surface area (Å²) in [7, 11) is 3.18. The minimum absolute atomic E-state index is 0.178. The van der Waals surface area contributed by atoms with Crippen LogP contribution in [0.3, 0.4) is 0 Å². The highest BCUT2D eigenvalue weighted by molar-refractivity contribution is 6.37. The Balaban J connectivity index is 1.45. The van der Waals surface area contributed by atoms with Crippen molar-refractivity contribution >= 4 is 28.6 Å². The summed E-state index contributed by atoms with van der Waals surface area (Å²) in [4.78, 5) is 15.7. The molecule has 0 unspecified atom stereocenters. The van der Waals surface area contributed by atoms with Gasteiger partial charge in [-0.2, -0.15) is 0 Å². The van der Waals surface area contributed by atoms with E-state index >= 15 is 0 Å². The van der Waals surface area contributed by atoms with Gasteiger partial charge in [-0.15, -0.1) is 0 Å². The molecule has 0 saturated carbocycles. The second-order valence-electron chi connectivity index (χ2n) is 9.43. The summed E-state index contributed by atoms with van der Waals surface area (Å²) in [6.45, 7) is 4.91. The van der Waals surface area contributed by atoms with Crippen LogP contribution in [-0.4, -0.2) is 31.6 Å². The van der Waals surface area contributed by atoms with Crippen LogP contribution in [0.5, 0.6) is 11.5 Å². The highest BCUT2D eigenvalue weighted by atomic mass is 16.5. The predicted octanol–water partition coefficient (Wildman–Crippen LogP) is 6.66. The lowest BCUT2D eigenvalue weighted by Gasteiger charge is -2.21. The molecule has 1 aliphatic rings. The zero-order valence-electron chi connectivity index (χ0n) is 22.5. The van der Waals surface area contributed by atoms with Crippen LogP contribution in [-0.2, 0) is 17.9 Å². The number of hydrogen-bond acceptors (Lipinski definition) is 5. The Kier molecular flexibility index (Phi) is 7.94. The Morgan fingerprint density at radius 2 is 1.38 bits per heavy atom. The number of methoxy groups -OCH3 is 2. The lowest BCUT2D eigenvalue weighted by Crippen LogP contribution is -2.22. The van der Waals surface area contributed by atoms with Crippen LogP contribution < -0.4 is 20.1 Å². The SMILES string of the molecule is CCN(Cc1ccccc1)Cc1ccc(N/C(=C2\C(=O)Nc3cc(OC)c(OC)cc32)c2ccccc2)cc1. The number of ether oxygens (including phenoxy) is 2. The molecule has 0 aliphatic carbocycles. The molecule has 1 aliphatic heterocycles. The molecule has 0 aromatic heterocycles. The van der Waals surface area contributed by atoms with Gasteiger partial charge < -0.3 is 20.1 Å². The zero-order chi connectivity index (χ0) is 27.2. The zero-order valence-corrected chi connectivity index (χ0v) is 22.5. The molecule has 4 aromatic rings. The van der Waals surface area contributed by atoms with Gasteiger partial charge in [0.2, 0.25) is 0 Å². The smallest absolute Gasteiger partial charge is 0.258 e. The second kappa shape index (κ2) is 11.9. The van der Waals surface area contributed by atoms with E-state index in [0.29, 0.717) is 22.8 Å². The van der Waals surface area contributed by atoms with Gasteiger partial charge in [0.1, 0.15) is 0 Å². The Labute approximate surface area is 229 Å². The summed E-state index contributed by atoms with van der Waals surface area (Å²) in [5, 5.41) is 6.53. The molecule has 0 spiro atoms. The van der Waals surface area contributed by atoms with E-state index in [4.69, 9.17) is 9.47 Å². The maximum absolute atomic E-state index is 13.3. The lowest BCUT2D eigenvalue weighted by atomic mass is 9.99. The first-order valence-electron chi connectivity index (χ1n) is 13.1. The average molecular weight is 520 g/mol. The largest absolute Gasteiger partial charge is 0.493 e. The molecule has 6 heteroatoms. The van der Waals surface area contributed by atoms with Crippen molar-refractivity contribution in [3.05, 3.63) is 119 Å². The molecule has 0 bridgehead atoms. The molecule has 6 nitrogen and oxygen atoms in total. The van der Waals surface area contributed by atoms with Crippen molar-refractivity contribution < 1.29 is 14.3 Å². The molecule has 1 amide bonds. The van der Waals surface area contributed by atoms with E-state index in [2.05, 4.69) is 71.0 Å². The fourth-order valence-electron chi connectivity index (χ4n) is 4.85. The maximum Gasteiger partial charge on any atom is 0.258 e. The first-order chi connectivity index (χ1) is 19.1. The van der Waals surface area contributed by atoms with Crippen molar-refractivity contribution in [2.75, 3.05) is 31.4 Å². The highest BCUT2D eigenvalue weighted by Crippen LogP contribution is 2.43.